The first-order valence-electron chi connectivity index (χ1n) is 6.45. The summed E-state index contributed by atoms with van der Waals surface area (Å²) in [5.74, 6) is -1.39. The van der Waals surface area contributed by atoms with Gasteiger partial charge in [0, 0.05) is 7.11 Å². The summed E-state index contributed by atoms with van der Waals surface area (Å²) in [5.41, 5.74) is -1.21. The number of hydrogen-bond donors (Lipinski definition) is 2. The van der Waals surface area contributed by atoms with E-state index in [1.165, 1.54) is 7.11 Å². The van der Waals surface area contributed by atoms with Crippen molar-refractivity contribution in [2.75, 3.05) is 7.11 Å². The third kappa shape index (κ3) is 5.49. The topological polar surface area (TPSA) is 75.6 Å². The number of amides is 1. The molecule has 2 N–H and O–H groups in total. The van der Waals surface area contributed by atoms with Crippen LogP contribution in [-0.2, 0) is 14.3 Å². The number of carbonyl (C=O) groups is 2. The summed E-state index contributed by atoms with van der Waals surface area (Å²) in [6, 6.07) is 0. The zero-order valence-corrected chi connectivity index (χ0v) is 11.8. The molecule has 0 unspecified atom stereocenters. The molecule has 0 spiro atoms. The molecule has 0 saturated heterocycles. The van der Waals surface area contributed by atoms with Gasteiger partial charge in [0.15, 0.2) is 0 Å². The summed E-state index contributed by atoms with van der Waals surface area (Å²) in [6.45, 7) is 5.23. The molecule has 0 aromatic carbocycles. The number of carboxylic acid groups (broad SMARTS) is 1. The predicted octanol–water partition coefficient (Wildman–Crippen LogP) is 1.95. The third-order valence-electron chi connectivity index (χ3n) is 3.12. The average Bonchev–Trinajstić information content (AvgIpc) is 2.33. The molecule has 0 heterocycles. The fourth-order valence-electron chi connectivity index (χ4n) is 1.61. The predicted molar refractivity (Wildman–Crippen MR) is 69.4 cm³/mol. The van der Waals surface area contributed by atoms with Crippen LogP contribution in [0.15, 0.2) is 0 Å². The number of aliphatic carboxylic acids is 1. The van der Waals surface area contributed by atoms with E-state index >= 15 is 0 Å². The maximum Gasteiger partial charge on any atom is 0.329 e. The molecule has 2 atom stereocenters. The van der Waals surface area contributed by atoms with Gasteiger partial charge in [-0.1, -0.05) is 32.6 Å². The Morgan fingerprint density at radius 2 is 1.94 bits per heavy atom. The lowest BCUT2D eigenvalue weighted by molar-refractivity contribution is -0.149. The molecule has 0 aromatic rings. The van der Waals surface area contributed by atoms with E-state index in [9.17, 15) is 14.7 Å². The van der Waals surface area contributed by atoms with Crippen molar-refractivity contribution in [1.82, 2.24) is 5.32 Å². The van der Waals surface area contributed by atoms with Gasteiger partial charge in [-0.25, -0.2) is 4.79 Å². The Balaban J connectivity index is 4.43. The highest BCUT2D eigenvalue weighted by molar-refractivity contribution is 5.88. The van der Waals surface area contributed by atoms with Gasteiger partial charge >= 0.3 is 5.97 Å². The Morgan fingerprint density at radius 1 is 1.33 bits per heavy atom. The van der Waals surface area contributed by atoms with Crippen LogP contribution >= 0.6 is 0 Å². The Labute approximate surface area is 109 Å². The first-order chi connectivity index (χ1) is 8.37. The van der Waals surface area contributed by atoms with Crippen molar-refractivity contribution in [2.24, 2.45) is 0 Å². The van der Waals surface area contributed by atoms with E-state index in [-0.39, 0.29) is 0 Å². The summed E-state index contributed by atoms with van der Waals surface area (Å²) in [5, 5.41) is 11.8. The second-order valence-electron chi connectivity index (χ2n) is 4.82. The Morgan fingerprint density at radius 3 is 2.39 bits per heavy atom. The molecular weight excluding hydrogens is 234 g/mol. The van der Waals surface area contributed by atoms with Crippen LogP contribution < -0.4 is 5.32 Å². The molecular formula is C13H25NO4. The van der Waals surface area contributed by atoms with Gasteiger partial charge < -0.3 is 15.2 Å². The number of methoxy groups -OCH3 is 1. The number of carbonyl (C=O) groups excluding carboxylic acids is 1. The van der Waals surface area contributed by atoms with Gasteiger partial charge in [-0.15, -0.1) is 0 Å². The van der Waals surface area contributed by atoms with Gasteiger partial charge in [0.25, 0.3) is 0 Å². The quantitative estimate of drug-likeness (QED) is 0.621. The van der Waals surface area contributed by atoms with Crippen molar-refractivity contribution in [1.29, 1.82) is 0 Å². The zero-order valence-electron chi connectivity index (χ0n) is 11.8. The fourth-order valence-corrected chi connectivity index (χ4v) is 1.61. The monoisotopic (exact) mass is 259 g/mol. The molecule has 1 amide bonds. The molecule has 0 fully saturated rings. The van der Waals surface area contributed by atoms with Gasteiger partial charge in [0.1, 0.15) is 11.6 Å². The Bertz CT molecular complexity index is 280. The van der Waals surface area contributed by atoms with E-state index in [0.29, 0.717) is 6.42 Å². The van der Waals surface area contributed by atoms with Crippen molar-refractivity contribution in [2.45, 2.75) is 64.5 Å². The molecule has 5 nitrogen and oxygen atoms in total. The van der Waals surface area contributed by atoms with E-state index < -0.39 is 23.5 Å². The standard InChI is InChI=1S/C13H25NO4/c1-5-6-7-8-9-13(3,12(16)17)14-11(15)10(2)18-4/h10H,5-9H2,1-4H3,(H,14,15)(H,16,17)/t10-,13-/m0/s1. The van der Waals surface area contributed by atoms with Crippen LogP contribution in [0.5, 0.6) is 0 Å². The van der Waals surface area contributed by atoms with Crippen molar-refractivity contribution in [3.63, 3.8) is 0 Å². The van der Waals surface area contributed by atoms with Crippen LogP contribution in [0.2, 0.25) is 0 Å². The van der Waals surface area contributed by atoms with Crippen molar-refractivity contribution in [3.8, 4) is 0 Å². The van der Waals surface area contributed by atoms with E-state index in [0.717, 1.165) is 25.7 Å². The Kier molecular flexibility index (Phi) is 7.59. The molecule has 0 radical (unpaired) electrons. The second kappa shape index (κ2) is 8.08. The summed E-state index contributed by atoms with van der Waals surface area (Å²) >= 11 is 0. The molecule has 0 aliphatic carbocycles. The number of rotatable bonds is 9. The molecule has 106 valence electrons. The number of carboxylic acids is 1. The van der Waals surface area contributed by atoms with Crippen LogP contribution in [-0.4, -0.2) is 35.7 Å². The molecule has 0 aliphatic rings. The van der Waals surface area contributed by atoms with Gasteiger partial charge in [-0.3, -0.25) is 4.79 Å². The van der Waals surface area contributed by atoms with Crippen LogP contribution in [0.4, 0.5) is 0 Å². The largest absolute Gasteiger partial charge is 0.480 e. The van der Waals surface area contributed by atoms with Crippen LogP contribution in [0.25, 0.3) is 0 Å². The van der Waals surface area contributed by atoms with E-state index in [1.807, 2.05) is 0 Å². The SMILES string of the molecule is CCCCCC[C@](C)(NC(=O)[C@H](C)OC)C(=O)O. The summed E-state index contributed by atoms with van der Waals surface area (Å²) in [6.07, 6.45) is 3.74. The molecule has 0 aromatic heterocycles. The van der Waals surface area contributed by atoms with Gasteiger partial charge in [-0.2, -0.15) is 0 Å². The lowest BCUT2D eigenvalue weighted by Gasteiger charge is -2.27. The molecule has 0 saturated carbocycles. The van der Waals surface area contributed by atoms with Crippen LogP contribution in [0.1, 0.15) is 52.9 Å². The molecule has 0 bridgehead atoms. The third-order valence-corrected chi connectivity index (χ3v) is 3.12. The van der Waals surface area contributed by atoms with E-state index in [1.54, 1.807) is 13.8 Å². The van der Waals surface area contributed by atoms with Gasteiger partial charge in [0.05, 0.1) is 0 Å². The average molecular weight is 259 g/mol. The maximum absolute atomic E-state index is 11.7. The number of unbranched alkanes of at least 4 members (excludes halogenated alkanes) is 3. The Hall–Kier alpha value is -1.10. The number of hydrogen-bond acceptors (Lipinski definition) is 3. The fraction of sp³-hybridized carbons (Fsp3) is 0.846. The zero-order chi connectivity index (χ0) is 14.2. The highest BCUT2D eigenvalue weighted by atomic mass is 16.5. The summed E-state index contributed by atoms with van der Waals surface area (Å²) < 4.78 is 4.88. The second-order valence-corrected chi connectivity index (χ2v) is 4.82. The highest BCUT2D eigenvalue weighted by Crippen LogP contribution is 2.16. The first kappa shape index (κ1) is 16.9. The lowest BCUT2D eigenvalue weighted by atomic mass is 9.93. The maximum atomic E-state index is 11.7. The van der Waals surface area contributed by atoms with Crippen LogP contribution in [0.3, 0.4) is 0 Å². The molecule has 0 aliphatic heterocycles. The highest BCUT2D eigenvalue weighted by Gasteiger charge is 2.35. The lowest BCUT2D eigenvalue weighted by Crippen LogP contribution is -2.54. The van der Waals surface area contributed by atoms with Crippen LogP contribution in [0, 0.1) is 0 Å². The normalized spacial score (nSPS) is 15.8. The van der Waals surface area contributed by atoms with E-state index in [2.05, 4.69) is 12.2 Å². The molecule has 5 heteroatoms. The number of ether oxygens (including phenoxy) is 1. The van der Waals surface area contributed by atoms with E-state index in [4.69, 9.17) is 4.74 Å². The summed E-state index contributed by atoms with van der Waals surface area (Å²) in [4.78, 5) is 23.0. The molecule has 0 rings (SSSR count). The van der Waals surface area contributed by atoms with Crippen molar-refractivity contribution >= 4 is 11.9 Å². The smallest absolute Gasteiger partial charge is 0.329 e. The van der Waals surface area contributed by atoms with Gasteiger partial charge in [-0.05, 0) is 20.3 Å². The van der Waals surface area contributed by atoms with Gasteiger partial charge in [0.2, 0.25) is 5.91 Å². The minimum Gasteiger partial charge on any atom is -0.480 e. The minimum atomic E-state index is -1.21. The first-order valence-corrected chi connectivity index (χ1v) is 6.45. The van der Waals surface area contributed by atoms with Crippen molar-refractivity contribution in [3.05, 3.63) is 0 Å². The minimum absolute atomic E-state index is 0.391. The number of nitrogens with one attached hydrogen (secondary N) is 1. The molecule has 18 heavy (non-hydrogen) atoms. The van der Waals surface area contributed by atoms with Crippen molar-refractivity contribution < 1.29 is 19.4 Å². The summed E-state index contributed by atoms with van der Waals surface area (Å²) in [7, 11) is 1.42.